The third-order valence-corrected chi connectivity index (χ3v) is 4.04. The molecule has 2 aliphatic rings. The van der Waals surface area contributed by atoms with Gasteiger partial charge >= 0.3 is 0 Å². The highest BCUT2D eigenvalue weighted by Gasteiger charge is 2.36. The van der Waals surface area contributed by atoms with Gasteiger partial charge < -0.3 is 14.6 Å². The number of hydrogen-bond donors (Lipinski definition) is 1. The van der Waals surface area contributed by atoms with Gasteiger partial charge in [-0.25, -0.2) is 0 Å². The predicted molar refractivity (Wildman–Crippen MR) is 72.2 cm³/mol. The van der Waals surface area contributed by atoms with Gasteiger partial charge in [0.1, 0.15) is 5.76 Å². The summed E-state index contributed by atoms with van der Waals surface area (Å²) in [4.78, 5) is 16.5. The summed E-state index contributed by atoms with van der Waals surface area (Å²) in [5.74, 6) is 1.39. The van der Waals surface area contributed by atoms with Crippen LogP contribution in [0.3, 0.4) is 0 Å². The van der Waals surface area contributed by atoms with Gasteiger partial charge in [-0.05, 0) is 12.1 Å². The Bertz CT molecular complexity index is 445. The summed E-state index contributed by atoms with van der Waals surface area (Å²) in [5, 5.41) is 3.35. The van der Waals surface area contributed by atoms with E-state index in [0.29, 0.717) is 11.8 Å². The molecule has 3 heterocycles. The summed E-state index contributed by atoms with van der Waals surface area (Å²) in [6.07, 6.45) is 0.830. The zero-order valence-electron chi connectivity index (χ0n) is 11.4. The monoisotopic (exact) mass is 263 g/mol. The molecule has 2 saturated heterocycles. The number of amides is 1. The molecule has 5 nitrogen and oxygen atoms in total. The Kier molecular flexibility index (Phi) is 3.57. The molecule has 0 atom stereocenters. The van der Waals surface area contributed by atoms with Crippen molar-refractivity contribution in [1.29, 1.82) is 0 Å². The van der Waals surface area contributed by atoms with E-state index in [4.69, 9.17) is 4.42 Å². The van der Waals surface area contributed by atoms with Crippen molar-refractivity contribution in [2.24, 2.45) is 0 Å². The van der Waals surface area contributed by atoms with E-state index < -0.39 is 0 Å². The van der Waals surface area contributed by atoms with Gasteiger partial charge in [-0.3, -0.25) is 9.69 Å². The maximum Gasteiger partial charge on any atom is 0.289 e. The minimum atomic E-state index is 0.0334. The van der Waals surface area contributed by atoms with Crippen molar-refractivity contribution in [2.75, 3.05) is 39.3 Å². The van der Waals surface area contributed by atoms with Gasteiger partial charge in [0.25, 0.3) is 5.91 Å². The van der Waals surface area contributed by atoms with E-state index in [-0.39, 0.29) is 5.91 Å². The molecule has 0 spiro atoms. The Morgan fingerprint density at radius 1 is 1.37 bits per heavy atom. The molecule has 1 amide bonds. The fourth-order valence-corrected chi connectivity index (χ4v) is 2.74. The molecule has 1 aromatic rings. The van der Waals surface area contributed by atoms with Crippen LogP contribution in [-0.4, -0.2) is 61.0 Å². The first kappa shape index (κ1) is 12.7. The molecule has 0 saturated carbocycles. The maximum absolute atomic E-state index is 12.2. The molecule has 2 fully saturated rings. The Balaban J connectivity index is 1.53. The van der Waals surface area contributed by atoms with Crippen LogP contribution in [0.1, 0.15) is 23.2 Å². The van der Waals surface area contributed by atoms with E-state index in [2.05, 4.69) is 10.2 Å². The normalized spacial score (nSPS) is 21.4. The van der Waals surface area contributed by atoms with Crippen LogP contribution in [0.4, 0.5) is 0 Å². The van der Waals surface area contributed by atoms with Crippen molar-refractivity contribution < 1.29 is 9.21 Å². The van der Waals surface area contributed by atoms with Gasteiger partial charge in [0.2, 0.25) is 0 Å². The average molecular weight is 263 g/mol. The van der Waals surface area contributed by atoms with Crippen molar-refractivity contribution in [1.82, 2.24) is 15.1 Å². The second kappa shape index (κ2) is 5.35. The van der Waals surface area contributed by atoms with Crippen LogP contribution in [0.15, 0.2) is 16.5 Å². The third-order valence-electron chi connectivity index (χ3n) is 4.04. The molecular weight excluding hydrogens is 242 g/mol. The van der Waals surface area contributed by atoms with E-state index in [1.54, 1.807) is 6.07 Å². The second-order valence-electron chi connectivity index (χ2n) is 5.27. The van der Waals surface area contributed by atoms with Crippen LogP contribution in [0.25, 0.3) is 0 Å². The summed E-state index contributed by atoms with van der Waals surface area (Å²) in [5.41, 5.74) is 0. The topological polar surface area (TPSA) is 48.7 Å². The van der Waals surface area contributed by atoms with Crippen LogP contribution in [0.2, 0.25) is 0 Å². The molecular formula is C14H21N3O2. The number of nitrogens with one attached hydrogen (secondary N) is 1. The van der Waals surface area contributed by atoms with Crippen LogP contribution in [0.5, 0.6) is 0 Å². The Morgan fingerprint density at radius 3 is 2.74 bits per heavy atom. The Hall–Kier alpha value is -1.33. The summed E-state index contributed by atoms with van der Waals surface area (Å²) in [6, 6.07) is 4.21. The van der Waals surface area contributed by atoms with E-state index in [0.717, 1.165) is 51.4 Å². The van der Waals surface area contributed by atoms with Gasteiger partial charge in [0.15, 0.2) is 5.76 Å². The van der Waals surface area contributed by atoms with Crippen LogP contribution in [-0.2, 0) is 6.42 Å². The Labute approximate surface area is 113 Å². The van der Waals surface area contributed by atoms with Crippen molar-refractivity contribution in [3.63, 3.8) is 0 Å². The van der Waals surface area contributed by atoms with Crippen molar-refractivity contribution in [2.45, 2.75) is 19.4 Å². The number of piperazine rings is 1. The average Bonchev–Trinajstić information content (AvgIpc) is 2.87. The fourth-order valence-electron chi connectivity index (χ4n) is 2.74. The number of carbonyl (C=O) groups is 1. The largest absolute Gasteiger partial charge is 0.456 e. The first-order valence-electron chi connectivity index (χ1n) is 7.10. The number of carbonyl (C=O) groups excluding carboxylic acids is 1. The number of furan rings is 1. The molecule has 1 N–H and O–H groups in total. The Morgan fingerprint density at radius 2 is 2.11 bits per heavy atom. The summed E-state index contributed by atoms with van der Waals surface area (Å²) in [7, 11) is 0. The van der Waals surface area contributed by atoms with E-state index in [1.807, 2.05) is 17.9 Å². The highest BCUT2D eigenvalue weighted by molar-refractivity contribution is 5.92. The van der Waals surface area contributed by atoms with Crippen molar-refractivity contribution in [3.8, 4) is 0 Å². The number of aryl methyl sites for hydroxylation is 1. The minimum absolute atomic E-state index is 0.0334. The van der Waals surface area contributed by atoms with Gasteiger partial charge in [-0.15, -0.1) is 0 Å². The van der Waals surface area contributed by atoms with Crippen LogP contribution in [0, 0.1) is 0 Å². The van der Waals surface area contributed by atoms with Crippen molar-refractivity contribution in [3.05, 3.63) is 23.7 Å². The second-order valence-corrected chi connectivity index (χ2v) is 5.27. The molecule has 0 radical (unpaired) electrons. The zero-order valence-corrected chi connectivity index (χ0v) is 11.4. The SMILES string of the molecule is CCc1ccc(C(=O)N2CC(N3CCNCC3)C2)o1. The molecule has 0 bridgehead atoms. The minimum Gasteiger partial charge on any atom is -0.456 e. The predicted octanol–water partition coefficient (Wildman–Crippen LogP) is 0.572. The lowest BCUT2D eigenvalue weighted by Gasteiger charge is -2.46. The summed E-state index contributed by atoms with van der Waals surface area (Å²) < 4.78 is 5.52. The number of nitrogens with zero attached hydrogens (tertiary/aromatic N) is 2. The van der Waals surface area contributed by atoms with Gasteiger partial charge in [-0.1, -0.05) is 6.92 Å². The molecule has 5 heteroatoms. The first-order chi connectivity index (χ1) is 9.28. The van der Waals surface area contributed by atoms with E-state index >= 15 is 0 Å². The van der Waals surface area contributed by atoms with Crippen LogP contribution < -0.4 is 5.32 Å². The summed E-state index contributed by atoms with van der Waals surface area (Å²) >= 11 is 0. The lowest BCUT2D eigenvalue weighted by Crippen LogP contribution is -2.63. The molecule has 2 aliphatic heterocycles. The molecule has 104 valence electrons. The zero-order chi connectivity index (χ0) is 13.2. The smallest absolute Gasteiger partial charge is 0.289 e. The highest BCUT2D eigenvalue weighted by Crippen LogP contribution is 2.19. The van der Waals surface area contributed by atoms with Crippen molar-refractivity contribution >= 4 is 5.91 Å². The highest BCUT2D eigenvalue weighted by atomic mass is 16.4. The molecule has 19 heavy (non-hydrogen) atoms. The number of hydrogen-bond acceptors (Lipinski definition) is 4. The molecule has 0 aliphatic carbocycles. The third kappa shape index (κ3) is 2.53. The fraction of sp³-hybridized carbons (Fsp3) is 0.643. The van der Waals surface area contributed by atoms with E-state index in [9.17, 15) is 4.79 Å². The van der Waals surface area contributed by atoms with Gasteiger partial charge in [0, 0.05) is 51.7 Å². The van der Waals surface area contributed by atoms with Crippen LogP contribution >= 0.6 is 0 Å². The van der Waals surface area contributed by atoms with Gasteiger partial charge in [0.05, 0.1) is 0 Å². The first-order valence-corrected chi connectivity index (χ1v) is 7.10. The van der Waals surface area contributed by atoms with Gasteiger partial charge in [-0.2, -0.15) is 0 Å². The molecule has 1 aromatic heterocycles. The lowest BCUT2D eigenvalue weighted by atomic mass is 10.1. The summed E-state index contributed by atoms with van der Waals surface area (Å²) in [6.45, 7) is 7.99. The van der Waals surface area contributed by atoms with E-state index in [1.165, 1.54) is 0 Å². The number of likely N-dealkylation sites (tertiary alicyclic amines) is 1. The quantitative estimate of drug-likeness (QED) is 0.866. The maximum atomic E-state index is 12.2. The lowest BCUT2D eigenvalue weighted by molar-refractivity contribution is 0.0203. The molecule has 0 aromatic carbocycles. The standard InChI is InChI=1S/C14H21N3O2/c1-2-12-3-4-13(19-12)14(18)17-9-11(10-17)16-7-5-15-6-8-16/h3-4,11,15H,2,5-10H2,1H3. The number of rotatable bonds is 3. The molecule has 3 rings (SSSR count). The molecule has 0 unspecified atom stereocenters.